The SMILES string of the molecule is Cc1ccc(C(N)=NO)c(N(C)CC(C)O)n1. The molecule has 1 atom stereocenters. The zero-order valence-corrected chi connectivity index (χ0v) is 10.3. The number of hydrogen-bond donors (Lipinski definition) is 3. The first kappa shape index (κ1) is 13.2. The molecule has 94 valence electrons. The van der Waals surface area contributed by atoms with Crippen molar-refractivity contribution in [2.75, 3.05) is 18.5 Å². The largest absolute Gasteiger partial charge is 0.409 e. The van der Waals surface area contributed by atoms with E-state index in [-0.39, 0.29) is 5.84 Å². The van der Waals surface area contributed by atoms with Crippen molar-refractivity contribution in [2.24, 2.45) is 10.9 Å². The quantitative estimate of drug-likeness (QED) is 0.303. The zero-order valence-electron chi connectivity index (χ0n) is 10.3. The first-order valence-corrected chi connectivity index (χ1v) is 5.30. The molecule has 17 heavy (non-hydrogen) atoms. The first-order valence-electron chi connectivity index (χ1n) is 5.30. The van der Waals surface area contributed by atoms with Crippen molar-refractivity contribution in [3.8, 4) is 0 Å². The summed E-state index contributed by atoms with van der Waals surface area (Å²) < 4.78 is 0. The zero-order chi connectivity index (χ0) is 13.0. The van der Waals surface area contributed by atoms with Gasteiger partial charge in [0.2, 0.25) is 0 Å². The molecule has 1 aromatic heterocycles. The van der Waals surface area contributed by atoms with Crippen molar-refractivity contribution in [1.29, 1.82) is 0 Å². The molecule has 0 bridgehead atoms. The number of rotatable bonds is 4. The van der Waals surface area contributed by atoms with Crippen LogP contribution in [-0.2, 0) is 0 Å². The second kappa shape index (κ2) is 5.49. The molecule has 0 fully saturated rings. The lowest BCUT2D eigenvalue weighted by Crippen LogP contribution is -2.30. The molecule has 0 aromatic carbocycles. The number of hydrogen-bond acceptors (Lipinski definition) is 5. The number of nitrogens with zero attached hydrogens (tertiary/aromatic N) is 3. The summed E-state index contributed by atoms with van der Waals surface area (Å²) in [7, 11) is 1.79. The molecular formula is C11H18N4O2. The maximum absolute atomic E-state index is 9.36. The summed E-state index contributed by atoms with van der Waals surface area (Å²) in [5.74, 6) is 0.589. The number of aryl methyl sites for hydroxylation is 1. The van der Waals surface area contributed by atoms with Crippen molar-refractivity contribution in [3.63, 3.8) is 0 Å². The van der Waals surface area contributed by atoms with Crippen LogP contribution in [-0.4, -0.2) is 40.8 Å². The van der Waals surface area contributed by atoms with E-state index in [1.54, 1.807) is 31.0 Å². The number of likely N-dealkylation sites (N-methyl/N-ethyl adjacent to an activating group) is 1. The average Bonchev–Trinajstić information content (AvgIpc) is 2.27. The van der Waals surface area contributed by atoms with Gasteiger partial charge >= 0.3 is 0 Å². The van der Waals surface area contributed by atoms with E-state index in [2.05, 4.69) is 10.1 Å². The van der Waals surface area contributed by atoms with E-state index < -0.39 is 6.10 Å². The Morgan fingerprint density at radius 2 is 2.24 bits per heavy atom. The van der Waals surface area contributed by atoms with Gasteiger partial charge in [-0.1, -0.05) is 5.16 Å². The molecule has 0 saturated carbocycles. The highest BCUT2D eigenvalue weighted by Crippen LogP contribution is 2.17. The van der Waals surface area contributed by atoms with Crippen LogP contribution in [0.1, 0.15) is 18.2 Å². The number of pyridine rings is 1. The summed E-state index contributed by atoms with van der Waals surface area (Å²) in [6.45, 7) is 3.97. The van der Waals surface area contributed by atoms with Crippen LogP contribution in [0.3, 0.4) is 0 Å². The molecule has 0 spiro atoms. The molecule has 1 heterocycles. The third-order valence-corrected chi connectivity index (χ3v) is 2.30. The van der Waals surface area contributed by atoms with Gasteiger partial charge in [0.05, 0.1) is 11.7 Å². The first-order chi connectivity index (χ1) is 7.95. The third kappa shape index (κ3) is 3.32. The lowest BCUT2D eigenvalue weighted by molar-refractivity contribution is 0.201. The van der Waals surface area contributed by atoms with Crippen molar-refractivity contribution in [3.05, 3.63) is 23.4 Å². The normalized spacial score (nSPS) is 13.5. The molecule has 0 aliphatic carbocycles. The Labute approximate surface area is 100 Å². The molecule has 0 aliphatic heterocycles. The van der Waals surface area contributed by atoms with Crippen LogP contribution in [0, 0.1) is 6.92 Å². The minimum atomic E-state index is -0.484. The fourth-order valence-corrected chi connectivity index (χ4v) is 1.57. The predicted octanol–water partition coefficient (Wildman–Crippen LogP) is 0.302. The number of anilines is 1. The molecular weight excluding hydrogens is 220 g/mol. The van der Waals surface area contributed by atoms with Gasteiger partial charge in [0, 0.05) is 19.3 Å². The molecule has 1 rings (SSSR count). The van der Waals surface area contributed by atoms with Crippen molar-refractivity contribution < 1.29 is 10.3 Å². The van der Waals surface area contributed by atoms with Crippen LogP contribution in [0.2, 0.25) is 0 Å². The number of aliphatic hydroxyl groups excluding tert-OH is 1. The van der Waals surface area contributed by atoms with Gasteiger partial charge < -0.3 is 20.9 Å². The van der Waals surface area contributed by atoms with Crippen molar-refractivity contribution in [1.82, 2.24) is 4.98 Å². The van der Waals surface area contributed by atoms with Crippen LogP contribution >= 0.6 is 0 Å². The molecule has 0 amide bonds. The Bertz CT molecular complexity index is 418. The number of amidine groups is 1. The smallest absolute Gasteiger partial charge is 0.173 e. The minimum absolute atomic E-state index is 0.00458. The monoisotopic (exact) mass is 238 g/mol. The van der Waals surface area contributed by atoms with Gasteiger partial charge in [-0.2, -0.15) is 0 Å². The van der Waals surface area contributed by atoms with Crippen LogP contribution < -0.4 is 10.6 Å². The Morgan fingerprint density at radius 3 is 2.76 bits per heavy atom. The van der Waals surface area contributed by atoms with Crippen molar-refractivity contribution >= 4 is 11.7 Å². The number of aromatic nitrogens is 1. The highest BCUT2D eigenvalue weighted by molar-refractivity contribution is 6.01. The maximum Gasteiger partial charge on any atom is 0.173 e. The maximum atomic E-state index is 9.36. The highest BCUT2D eigenvalue weighted by atomic mass is 16.4. The summed E-state index contributed by atoms with van der Waals surface area (Å²) >= 11 is 0. The van der Waals surface area contributed by atoms with E-state index in [0.717, 1.165) is 5.69 Å². The van der Waals surface area contributed by atoms with Gasteiger partial charge in [0.25, 0.3) is 0 Å². The average molecular weight is 238 g/mol. The van der Waals surface area contributed by atoms with Crippen LogP contribution in [0.25, 0.3) is 0 Å². The number of oxime groups is 1. The van der Waals surface area contributed by atoms with E-state index >= 15 is 0 Å². The number of nitrogens with two attached hydrogens (primary N) is 1. The van der Waals surface area contributed by atoms with E-state index in [1.165, 1.54) is 0 Å². The fourth-order valence-electron chi connectivity index (χ4n) is 1.57. The standard InChI is InChI=1S/C11H18N4O2/c1-7-4-5-9(10(12)14-17)11(13-7)15(3)6-8(2)16/h4-5,8,16-17H,6H2,1-3H3,(H2,12,14). The number of aliphatic hydroxyl groups is 1. The minimum Gasteiger partial charge on any atom is -0.409 e. The Balaban J connectivity index is 3.15. The molecule has 6 nitrogen and oxygen atoms in total. The molecule has 6 heteroatoms. The van der Waals surface area contributed by atoms with Crippen LogP contribution in [0.5, 0.6) is 0 Å². The van der Waals surface area contributed by atoms with Gasteiger partial charge in [-0.25, -0.2) is 4.98 Å². The summed E-state index contributed by atoms with van der Waals surface area (Å²) in [5, 5.41) is 21.0. The van der Waals surface area contributed by atoms with Gasteiger partial charge in [-0.05, 0) is 26.0 Å². The molecule has 0 aliphatic rings. The molecule has 4 N–H and O–H groups in total. The van der Waals surface area contributed by atoms with Gasteiger partial charge in [0.1, 0.15) is 5.82 Å². The van der Waals surface area contributed by atoms with E-state index in [1.807, 2.05) is 6.92 Å². The van der Waals surface area contributed by atoms with E-state index in [4.69, 9.17) is 10.9 Å². The van der Waals surface area contributed by atoms with Crippen LogP contribution in [0.15, 0.2) is 17.3 Å². The second-order valence-corrected chi connectivity index (χ2v) is 4.04. The summed E-state index contributed by atoms with van der Waals surface area (Å²) in [6.07, 6.45) is -0.484. The van der Waals surface area contributed by atoms with Gasteiger partial charge in [-0.3, -0.25) is 0 Å². The summed E-state index contributed by atoms with van der Waals surface area (Å²) in [4.78, 5) is 6.11. The van der Waals surface area contributed by atoms with Gasteiger partial charge in [0.15, 0.2) is 5.84 Å². The van der Waals surface area contributed by atoms with E-state index in [9.17, 15) is 5.11 Å². The third-order valence-electron chi connectivity index (χ3n) is 2.30. The topological polar surface area (TPSA) is 95.0 Å². The lowest BCUT2D eigenvalue weighted by atomic mass is 10.2. The fraction of sp³-hybridized carbons (Fsp3) is 0.455. The Morgan fingerprint density at radius 1 is 1.59 bits per heavy atom. The Hall–Kier alpha value is -1.82. The lowest BCUT2D eigenvalue weighted by Gasteiger charge is -2.22. The van der Waals surface area contributed by atoms with Gasteiger partial charge in [-0.15, -0.1) is 0 Å². The molecule has 0 radical (unpaired) electrons. The van der Waals surface area contributed by atoms with E-state index in [0.29, 0.717) is 17.9 Å². The molecule has 0 saturated heterocycles. The highest BCUT2D eigenvalue weighted by Gasteiger charge is 2.14. The second-order valence-electron chi connectivity index (χ2n) is 4.04. The van der Waals surface area contributed by atoms with Crippen LogP contribution in [0.4, 0.5) is 5.82 Å². The molecule has 1 aromatic rings. The molecule has 1 unspecified atom stereocenters. The summed E-state index contributed by atoms with van der Waals surface area (Å²) in [5.41, 5.74) is 6.95. The summed E-state index contributed by atoms with van der Waals surface area (Å²) in [6, 6.07) is 3.53. The van der Waals surface area contributed by atoms with Crippen molar-refractivity contribution in [2.45, 2.75) is 20.0 Å². The predicted molar refractivity (Wildman–Crippen MR) is 66.4 cm³/mol. The Kier molecular flexibility index (Phi) is 4.28.